The van der Waals surface area contributed by atoms with E-state index in [4.69, 9.17) is 16.3 Å². The fraction of sp³-hybridized carbons (Fsp3) is 0.0833. The minimum absolute atomic E-state index is 0.115. The second-order valence-electron chi connectivity index (χ2n) is 6.96. The van der Waals surface area contributed by atoms with Gasteiger partial charge in [0.15, 0.2) is 11.0 Å². The number of rotatable bonds is 8. The standard InChI is InChI=1S/C24H19BrClN5O2S/c1-33-21-12-7-16(13-20(21)25)14-27-28-22(32)15-34-24-30-29-23(17-5-3-2-4-6-17)31(24)19-10-8-18(26)9-11-19/h2-14H,15H2,1H3,(H,28,32). The molecule has 1 aromatic heterocycles. The van der Waals surface area contributed by atoms with Gasteiger partial charge in [-0.05, 0) is 64.0 Å². The molecule has 0 unspecified atom stereocenters. The summed E-state index contributed by atoms with van der Waals surface area (Å²) in [5.74, 6) is 1.25. The first-order valence-corrected chi connectivity index (χ1v) is 12.3. The van der Waals surface area contributed by atoms with Gasteiger partial charge in [0.1, 0.15) is 5.75 Å². The van der Waals surface area contributed by atoms with Gasteiger partial charge in [-0.25, -0.2) is 5.43 Å². The number of aromatic nitrogens is 3. The fourth-order valence-corrected chi connectivity index (χ4v) is 4.49. The topological polar surface area (TPSA) is 81.4 Å². The van der Waals surface area contributed by atoms with E-state index in [9.17, 15) is 4.79 Å². The van der Waals surface area contributed by atoms with E-state index in [1.54, 1.807) is 25.5 Å². The molecule has 10 heteroatoms. The molecule has 1 amide bonds. The zero-order valence-corrected chi connectivity index (χ0v) is 21.1. The number of carbonyl (C=O) groups excluding carboxylic acids is 1. The molecular weight excluding hydrogens is 538 g/mol. The second kappa shape index (κ2) is 11.3. The number of hydrogen-bond acceptors (Lipinski definition) is 6. The van der Waals surface area contributed by atoms with Crippen LogP contribution in [0.2, 0.25) is 5.02 Å². The Hall–Kier alpha value is -3.14. The Balaban J connectivity index is 1.47. The summed E-state index contributed by atoms with van der Waals surface area (Å²) in [5.41, 5.74) is 5.12. The minimum Gasteiger partial charge on any atom is -0.496 e. The van der Waals surface area contributed by atoms with Crippen LogP contribution in [0.25, 0.3) is 17.1 Å². The van der Waals surface area contributed by atoms with Gasteiger partial charge in [-0.1, -0.05) is 53.7 Å². The molecule has 0 fully saturated rings. The molecule has 0 spiro atoms. The van der Waals surface area contributed by atoms with Gasteiger partial charge < -0.3 is 4.74 Å². The van der Waals surface area contributed by atoms with Crippen LogP contribution in [0.3, 0.4) is 0 Å². The van der Waals surface area contributed by atoms with Gasteiger partial charge in [-0.2, -0.15) is 5.10 Å². The summed E-state index contributed by atoms with van der Waals surface area (Å²) in [5, 5.41) is 13.9. The van der Waals surface area contributed by atoms with E-state index in [0.29, 0.717) is 16.0 Å². The molecule has 0 atom stereocenters. The molecule has 1 heterocycles. The molecule has 0 radical (unpaired) electrons. The highest BCUT2D eigenvalue weighted by atomic mass is 79.9. The lowest BCUT2D eigenvalue weighted by molar-refractivity contribution is -0.118. The molecule has 1 N–H and O–H groups in total. The fourth-order valence-electron chi connectivity index (χ4n) is 3.06. The molecule has 0 aliphatic rings. The van der Waals surface area contributed by atoms with E-state index in [2.05, 4.69) is 36.7 Å². The van der Waals surface area contributed by atoms with Crippen LogP contribution in [-0.4, -0.2) is 39.7 Å². The molecule has 34 heavy (non-hydrogen) atoms. The first kappa shape index (κ1) is 24.0. The smallest absolute Gasteiger partial charge is 0.250 e. The maximum absolute atomic E-state index is 12.4. The molecule has 0 bridgehead atoms. The van der Waals surface area contributed by atoms with Crippen molar-refractivity contribution in [1.29, 1.82) is 0 Å². The Morgan fingerprint density at radius 3 is 2.62 bits per heavy atom. The Morgan fingerprint density at radius 1 is 1.15 bits per heavy atom. The summed E-state index contributed by atoms with van der Waals surface area (Å²) in [4.78, 5) is 12.4. The second-order valence-corrected chi connectivity index (χ2v) is 9.19. The Morgan fingerprint density at radius 2 is 1.91 bits per heavy atom. The number of benzene rings is 3. The molecule has 4 rings (SSSR count). The average Bonchev–Trinajstić information content (AvgIpc) is 3.28. The molecule has 3 aromatic carbocycles. The van der Waals surface area contributed by atoms with E-state index in [0.717, 1.165) is 27.0 Å². The normalized spacial score (nSPS) is 11.0. The average molecular weight is 557 g/mol. The number of nitrogens with one attached hydrogen (secondary N) is 1. The summed E-state index contributed by atoms with van der Waals surface area (Å²) in [6.45, 7) is 0. The lowest BCUT2D eigenvalue weighted by Gasteiger charge is -2.10. The molecular formula is C24H19BrClN5O2S. The zero-order valence-electron chi connectivity index (χ0n) is 18.0. The van der Waals surface area contributed by atoms with Gasteiger partial charge in [-0.3, -0.25) is 9.36 Å². The van der Waals surface area contributed by atoms with Gasteiger partial charge in [-0.15, -0.1) is 10.2 Å². The lowest BCUT2D eigenvalue weighted by atomic mass is 10.2. The van der Waals surface area contributed by atoms with Crippen LogP contribution in [-0.2, 0) is 4.79 Å². The first-order valence-electron chi connectivity index (χ1n) is 10.1. The largest absolute Gasteiger partial charge is 0.496 e. The van der Waals surface area contributed by atoms with Gasteiger partial charge in [0.25, 0.3) is 5.91 Å². The number of hydrogen-bond donors (Lipinski definition) is 1. The molecule has 0 saturated heterocycles. The van der Waals surface area contributed by atoms with E-state index >= 15 is 0 Å². The third-order valence-electron chi connectivity index (χ3n) is 4.66. The van der Waals surface area contributed by atoms with E-state index in [1.807, 2.05) is 65.2 Å². The van der Waals surface area contributed by atoms with Crippen molar-refractivity contribution in [3.05, 3.63) is 87.9 Å². The van der Waals surface area contributed by atoms with Crippen molar-refractivity contribution in [2.75, 3.05) is 12.9 Å². The summed E-state index contributed by atoms with van der Waals surface area (Å²) in [7, 11) is 1.60. The van der Waals surface area contributed by atoms with Crippen molar-refractivity contribution in [3.63, 3.8) is 0 Å². The number of thioether (sulfide) groups is 1. The first-order chi connectivity index (χ1) is 16.5. The van der Waals surface area contributed by atoms with Gasteiger partial charge in [0.2, 0.25) is 0 Å². The SMILES string of the molecule is COc1ccc(C=NNC(=O)CSc2nnc(-c3ccccc3)n2-c2ccc(Cl)cc2)cc1Br. The van der Waals surface area contributed by atoms with Crippen molar-refractivity contribution in [3.8, 4) is 22.8 Å². The molecule has 7 nitrogen and oxygen atoms in total. The Bertz CT molecular complexity index is 1310. The molecule has 0 aliphatic heterocycles. The van der Waals surface area contributed by atoms with Crippen LogP contribution < -0.4 is 10.2 Å². The lowest BCUT2D eigenvalue weighted by Crippen LogP contribution is -2.20. The van der Waals surface area contributed by atoms with Crippen molar-refractivity contribution in [2.24, 2.45) is 5.10 Å². The quantitative estimate of drug-likeness (QED) is 0.174. The van der Waals surface area contributed by atoms with Crippen LogP contribution in [0, 0.1) is 0 Å². The number of ether oxygens (including phenoxy) is 1. The number of amides is 1. The van der Waals surface area contributed by atoms with Crippen LogP contribution in [0.4, 0.5) is 0 Å². The van der Waals surface area contributed by atoms with Crippen molar-refractivity contribution >= 4 is 51.4 Å². The van der Waals surface area contributed by atoms with Crippen molar-refractivity contribution < 1.29 is 9.53 Å². The molecule has 172 valence electrons. The van der Waals surface area contributed by atoms with Gasteiger partial charge in [0.05, 0.1) is 23.5 Å². The van der Waals surface area contributed by atoms with Crippen molar-refractivity contribution in [2.45, 2.75) is 5.16 Å². The van der Waals surface area contributed by atoms with Gasteiger partial charge >= 0.3 is 0 Å². The predicted molar refractivity (Wildman–Crippen MR) is 139 cm³/mol. The van der Waals surface area contributed by atoms with Crippen LogP contribution in [0.1, 0.15) is 5.56 Å². The number of nitrogens with zero attached hydrogens (tertiary/aromatic N) is 4. The molecule has 0 aliphatic carbocycles. The van der Waals surface area contributed by atoms with Crippen LogP contribution >= 0.6 is 39.3 Å². The molecule has 0 saturated carbocycles. The zero-order chi connectivity index (χ0) is 23.9. The van der Waals surface area contributed by atoms with E-state index < -0.39 is 0 Å². The number of methoxy groups -OCH3 is 1. The summed E-state index contributed by atoms with van der Waals surface area (Å²) in [6.07, 6.45) is 1.57. The minimum atomic E-state index is -0.263. The van der Waals surface area contributed by atoms with Crippen LogP contribution in [0.15, 0.2) is 87.5 Å². The predicted octanol–water partition coefficient (Wildman–Crippen LogP) is 5.60. The maximum atomic E-state index is 12.4. The Labute approximate surface area is 214 Å². The highest BCUT2D eigenvalue weighted by Crippen LogP contribution is 2.28. The van der Waals surface area contributed by atoms with Gasteiger partial charge in [0, 0.05) is 16.3 Å². The monoisotopic (exact) mass is 555 g/mol. The summed E-state index contributed by atoms with van der Waals surface area (Å²) >= 11 is 10.8. The number of halogens is 2. The van der Waals surface area contributed by atoms with Crippen LogP contribution in [0.5, 0.6) is 5.75 Å². The van der Waals surface area contributed by atoms with Crippen molar-refractivity contribution in [1.82, 2.24) is 20.2 Å². The van der Waals surface area contributed by atoms with E-state index in [1.165, 1.54) is 11.8 Å². The highest BCUT2D eigenvalue weighted by Gasteiger charge is 2.17. The highest BCUT2D eigenvalue weighted by molar-refractivity contribution is 9.10. The maximum Gasteiger partial charge on any atom is 0.250 e. The summed E-state index contributed by atoms with van der Waals surface area (Å²) in [6, 6.07) is 22.6. The van der Waals surface area contributed by atoms with E-state index in [-0.39, 0.29) is 11.7 Å². The Kier molecular flexibility index (Phi) is 7.99. The number of hydrazone groups is 1. The molecule has 4 aromatic rings. The third-order valence-corrected chi connectivity index (χ3v) is 6.46. The number of carbonyl (C=O) groups is 1. The summed E-state index contributed by atoms with van der Waals surface area (Å²) < 4.78 is 7.92. The third kappa shape index (κ3) is 5.85.